The number of carbonyl (C=O) groups excluding carboxylic acids is 1. The van der Waals surface area contributed by atoms with E-state index in [1.165, 1.54) is 7.11 Å². The van der Waals surface area contributed by atoms with Crippen molar-refractivity contribution in [1.29, 1.82) is 0 Å². The third-order valence-electron chi connectivity index (χ3n) is 4.23. The molecule has 4 rings (SSSR count). The van der Waals surface area contributed by atoms with E-state index >= 15 is 0 Å². The van der Waals surface area contributed by atoms with E-state index in [1.54, 1.807) is 42.5 Å². The molecule has 0 saturated heterocycles. The van der Waals surface area contributed by atoms with E-state index in [0.29, 0.717) is 22.7 Å². The second-order valence-corrected chi connectivity index (χ2v) is 5.90. The summed E-state index contributed by atoms with van der Waals surface area (Å²) in [6, 6.07) is 19.6. The number of fused-ring (bicyclic) bond motifs is 1. The van der Waals surface area contributed by atoms with Crippen LogP contribution < -0.4 is 4.74 Å². The van der Waals surface area contributed by atoms with E-state index < -0.39 is 0 Å². The van der Waals surface area contributed by atoms with E-state index in [9.17, 15) is 9.90 Å². The number of hydrogen-bond acceptors (Lipinski definition) is 4. The molecular formula is C21H16N2O3. The lowest BCUT2D eigenvalue weighted by atomic mass is 10.0. The van der Waals surface area contributed by atoms with E-state index in [-0.39, 0.29) is 11.5 Å². The number of H-pyrrole nitrogens is 1. The van der Waals surface area contributed by atoms with E-state index in [1.807, 2.05) is 24.3 Å². The van der Waals surface area contributed by atoms with Gasteiger partial charge in [0.15, 0.2) is 17.3 Å². The van der Waals surface area contributed by atoms with Gasteiger partial charge in [0.1, 0.15) is 5.82 Å². The van der Waals surface area contributed by atoms with Gasteiger partial charge in [-0.25, -0.2) is 4.98 Å². The largest absolute Gasteiger partial charge is 0.504 e. The first-order valence-corrected chi connectivity index (χ1v) is 8.12. The molecule has 3 aromatic carbocycles. The molecule has 0 aliphatic carbocycles. The number of rotatable bonds is 4. The van der Waals surface area contributed by atoms with Gasteiger partial charge in [-0.1, -0.05) is 30.3 Å². The molecule has 4 aromatic rings. The van der Waals surface area contributed by atoms with Crippen LogP contribution >= 0.6 is 0 Å². The van der Waals surface area contributed by atoms with Gasteiger partial charge >= 0.3 is 0 Å². The number of ether oxygens (including phenoxy) is 1. The molecule has 0 fully saturated rings. The highest BCUT2D eigenvalue weighted by Crippen LogP contribution is 2.31. The number of phenols is 1. The van der Waals surface area contributed by atoms with Crippen molar-refractivity contribution in [2.24, 2.45) is 0 Å². The number of ketones is 1. The Hall–Kier alpha value is -3.60. The van der Waals surface area contributed by atoms with Crippen LogP contribution in [0.25, 0.3) is 22.4 Å². The first kappa shape index (κ1) is 15.9. The lowest BCUT2D eigenvalue weighted by Gasteiger charge is -2.04. The van der Waals surface area contributed by atoms with Crippen LogP contribution in [-0.4, -0.2) is 28.0 Å². The first-order valence-electron chi connectivity index (χ1n) is 8.12. The van der Waals surface area contributed by atoms with Crippen molar-refractivity contribution in [3.05, 3.63) is 77.9 Å². The number of aromatic amines is 1. The maximum absolute atomic E-state index is 12.6. The summed E-state index contributed by atoms with van der Waals surface area (Å²) in [6.07, 6.45) is 0. The van der Waals surface area contributed by atoms with Gasteiger partial charge in [0, 0.05) is 16.7 Å². The molecule has 0 radical (unpaired) electrons. The second-order valence-electron chi connectivity index (χ2n) is 5.90. The molecule has 0 bridgehead atoms. The van der Waals surface area contributed by atoms with Crippen LogP contribution in [-0.2, 0) is 0 Å². The number of nitrogens with one attached hydrogen (secondary N) is 1. The zero-order valence-electron chi connectivity index (χ0n) is 14.1. The molecule has 0 spiro atoms. The third-order valence-corrected chi connectivity index (χ3v) is 4.23. The van der Waals surface area contributed by atoms with Crippen molar-refractivity contribution in [1.82, 2.24) is 9.97 Å². The number of methoxy groups -OCH3 is 1. The topological polar surface area (TPSA) is 75.2 Å². The Balaban J connectivity index is 1.73. The molecule has 2 N–H and O–H groups in total. The maximum atomic E-state index is 12.6. The molecule has 128 valence electrons. The zero-order valence-corrected chi connectivity index (χ0v) is 14.1. The zero-order chi connectivity index (χ0) is 18.1. The number of hydrogen-bond donors (Lipinski definition) is 2. The van der Waals surface area contributed by atoms with E-state index in [0.717, 1.165) is 16.6 Å². The molecule has 0 aliphatic heterocycles. The van der Waals surface area contributed by atoms with Crippen molar-refractivity contribution < 1.29 is 14.6 Å². The van der Waals surface area contributed by atoms with Gasteiger partial charge in [-0.15, -0.1) is 0 Å². The van der Waals surface area contributed by atoms with Crippen molar-refractivity contribution in [3.63, 3.8) is 0 Å². The number of aromatic hydroxyl groups is 1. The minimum atomic E-state index is -0.0325. The molecule has 0 unspecified atom stereocenters. The van der Waals surface area contributed by atoms with Crippen molar-refractivity contribution >= 4 is 16.8 Å². The fraction of sp³-hybridized carbons (Fsp3) is 0.0476. The van der Waals surface area contributed by atoms with Gasteiger partial charge < -0.3 is 14.8 Å². The third kappa shape index (κ3) is 2.80. The van der Waals surface area contributed by atoms with Crippen LogP contribution in [0.2, 0.25) is 0 Å². The highest BCUT2D eigenvalue weighted by Gasteiger charge is 2.12. The smallest absolute Gasteiger partial charge is 0.193 e. The Kier molecular flexibility index (Phi) is 3.89. The Labute approximate surface area is 149 Å². The summed E-state index contributed by atoms with van der Waals surface area (Å²) in [5.74, 6) is 1.06. The standard InChI is InChI=1S/C21H16N2O3/c1-26-19-12-15(8-10-18(19)24)21-22-16-9-7-14(11-17(16)23-21)20(25)13-5-3-2-4-6-13/h2-12,24H,1H3,(H,22,23). The summed E-state index contributed by atoms with van der Waals surface area (Å²) in [4.78, 5) is 20.4. The van der Waals surface area contributed by atoms with Gasteiger partial charge in [0.05, 0.1) is 18.1 Å². The fourth-order valence-electron chi connectivity index (χ4n) is 2.87. The summed E-state index contributed by atoms with van der Waals surface area (Å²) in [7, 11) is 1.50. The van der Waals surface area contributed by atoms with Crippen LogP contribution in [0.1, 0.15) is 15.9 Å². The van der Waals surface area contributed by atoms with Crippen molar-refractivity contribution in [3.8, 4) is 22.9 Å². The number of aromatic nitrogens is 2. The summed E-state index contributed by atoms with van der Waals surface area (Å²) in [5.41, 5.74) is 3.56. The summed E-state index contributed by atoms with van der Waals surface area (Å²) < 4.78 is 5.14. The van der Waals surface area contributed by atoms with Gasteiger partial charge in [0.25, 0.3) is 0 Å². The molecule has 26 heavy (non-hydrogen) atoms. The molecule has 0 amide bonds. The van der Waals surface area contributed by atoms with Gasteiger partial charge in [-0.3, -0.25) is 4.79 Å². The summed E-state index contributed by atoms with van der Waals surface area (Å²) in [5, 5.41) is 9.73. The number of benzene rings is 3. The first-order chi connectivity index (χ1) is 12.7. The normalized spacial score (nSPS) is 10.8. The number of phenolic OH excluding ortho intramolecular Hbond substituents is 1. The molecule has 5 nitrogen and oxygen atoms in total. The predicted octanol–water partition coefficient (Wildman–Crippen LogP) is 4.18. The molecule has 0 aliphatic rings. The van der Waals surface area contributed by atoms with Crippen LogP contribution in [0.4, 0.5) is 0 Å². The van der Waals surface area contributed by atoms with Crippen LogP contribution in [0.15, 0.2) is 66.7 Å². The molecule has 1 heterocycles. The molecular weight excluding hydrogens is 328 g/mol. The minimum Gasteiger partial charge on any atom is -0.504 e. The van der Waals surface area contributed by atoms with E-state index in [4.69, 9.17) is 4.74 Å². The molecule has 0 saturated carbocycles. The summed E-state index contributed by atoms with van der Waals surface area (Å²) in [6.45, 7) is 0. The maximum Gasteiger partial charge on any atom is 0.193 e. The monoisotopic (exact) mass is 344 g/mol. The minimum absolute atomic E-state index is 0.0325. The van der Waals surface area contributed by atoms with Gasteiger partial charge in [-0.05, 0) is 36.4 Å². The Morgan fingerprint density at radius 1 is 1.00 bits per heavy atom. The van der Waals surface area contributed by atoms with Crippen LogP contribution in [0.5, 0.6) is 11.5 Å². The summed E-state index contributed by atoms with van der Waals surface area (Å²) >= 11 is 0. The second kappa shape index (κ2) is 6.37. The van der Waals surface area contributed by atoms with Crippen molar-refractivity contribution in [2.45, 2.75) is 0 Å². The van der Waals surface area contributed by atoms with Crippen LogP contribution in [0.3, 0.4) is 0 Å². The van der Waals surface area contributed by atoms with Gasteiger partial charge in [-0.2, -0.15) is 0 Å². The van der Waals surface area contributed by atoms with Crippen LogP contribution in [0, 0.1) is 0 Å². The van der Waals surface area contributed by atoms with E-state index in [2.05, 4.69) is 9.97 Å². The number of imidazole rings is 1. The Morgan fingerprint density at radius 2 is 1.81 bits per heavy atom. The SMILES string of the molecule is COc1cc(-c2nc3ccc(C(=O)c4ccccc4)cc3[nH]2)ccc1O. The Morgan fingerprint density at radius 3 is 2.58 bits per heavy atom. The number of nitrogens with zero attached hydrogens (tertiary/aromatic N) is 1. The Bertz CT molecular complexity index is 1100. The van der Waals surface area contributed by atoms with Crippen molar-refractivity contribution in [2.75, 3.05) is 7.11 Å². The number of carbonyl (C=O) groups is 1. The average Bonchev–Trinajstić information content (AvgIpc) is 3.11. The average molecular weight is 344 g/mol. The molecule has 0 atom stereocenters. The predicted molar refractivity (Wildman–Crippen MR) is 99.6 cm³/mol. The van der Waals surface area contributed by atoms with Gasteiger partial charge in [0.2, 0.25) is 0 Å². The lowest BCUT2D eigenvalue weighted by molar-refractivity contribution is 0.103. The molecule has 1 aromatic heterocycles. The lowest BCUT2D eigenvalue weighted by Crippen LogP contribution is -2.00. The highest BCUT2D eigenvalue weighted by atomic mass is 16.5. The quantitative estimate of drug-likeness (QED) is 0.545. The molecule has 5 heteroatoms. The highest BCUT2D eigenvalue weighted by molar-refractivity contribution is 6.10. The fourth-order valence-corrected chi connectivity index (χ4v) is 2.87.